The number of ether oxygens (including phenoxy) is 4. The quantitative estimate of drug-likeness (QED) is 0.0391. The minimum atomic E-state index is -9.25. The molecule has 0 radical (unpaired) electrons. The van der Waals surface area contributed by atoms with Crippen LogP contribution in [-0.2, 0) is 4.74 Å². The maximum absolute atomic E-state index is 14.7. The fourth-order valence-electron chi connectivity index (χ4n) is 6.65. The Balaban J connectivity index is 4.11. The number of methoxy groups -OCH3 is 1. The SMILES string of the molecule is COC(=O)c1cc(OCCCC(F)(F)C(F)(F)C(F)(F)C(F)(F)C(F)(F)C(F)(F)C(F)(F)C(F)(F)F)c(OCCCC(F)(F)C(F)(F)C(F)(F)C(F)(F)C(F)(F)C(F)(F)C(F)(F)C(F)(F)F)c(OCCCC(F)(F)C(F)(F)C(F)(F)C(F)(F)C(F)(F)C(F)(F)C(F)(F)C(F)(F)F)c1. The van der Waals surface area contributed by atoms with Crippen molar-refractivity contribution in [2.24, 2.45) is 0 Å². The summed E-state index contributed by atoms with van der Waals surface area (Å²) in [4.78, 5) is 12.4. The van der Waals surface area contributed by atoms with Crippen molar-refractivity contribution in [1.82, 2.24) is 0 Å². The lowest BCUT2D eigenvalue weighted by molar-refractivity contribution is -0.461. The minimum absolute atomic E-state index is 0.175. The van der Waals surface area contributed by atoms with Crippen molar-refractivity contribution >= 4 is 5.97 Å². The van der Waals surface area contributed by atoms with E-state index in [2.05, 4.69) is 18.9 Å². The van der Waals surface area contributed by atoms with Gasteiger partial charge in [-0.25, -0.2) is 4.79 Å². The Morgan fingerprint density at radius 3 is 0.598 bits per heavy atom. The molecule has 97 heavy (non-hydrogen) atoms. The van der Waals surface area contributed by atoms with Crippen LogP contribution in [0.4, 0.5) is 224 Å². The third-order valence-electron chi connectivity index (χ3n) is 12.5. The van der Waals surface area contributed by atoms with E-state index in [-0.39, 0.29) is 19.2 Å². The molecule has 0 unspecified atom stereocenters. The van der Waals surface area contributed by atoms with Gasteiger partial charge in [0.2, 0.25) is 5.75 Å². The molecule has 0 bridgehead atoms. The van der Waals surface area contributed by atoms with Crippen LogP contribution in [-0.4, -0.2) is 176 Å². The van der Waals surface area contributed by atoms with Gasteiger partial charge >= 0.3 is 149 Å². The van der Waals surface area contributed by atoms with Gasteiger partial charge in [-0.15, -0.1) is 0 Å². The van der Waals surface area contributed by atoms with Gasteiger partial charge in [-0.1, -0.05) is 0 Å². The Hall–Kier alpha value is -5.48. The number of carbonyl (C=O) groups is 1. The fraction of sp³-hybridized carbons (Fsp3) is 0.829. The highest BCUT2D eigenvalue weighted by molar-refractivity contribution is 5.91. The van der Waals surface area contributed by atoms with E-state index in [1.54, 1.807) is 0 Å². The Labute approximate surface area is 497 Å². The summed E-state index contributed by atoms with van der Waals surface area (Å²) in [5.74, 6) is -192. The zero-order valence-corrected chi connectivity index (χ0v) is 44.3. The van der Waals surface area contributed by atoms with Crippen LogP contribution < -0.4 is 14.2 Å². The molecule has 0 aliphatic heterocycles. The number of hydrogen-bond acceptors (Lipinski definition) is 5. The van der Waals surface area contributed by atoms with Gasteiger partial charge in [0, 0.05) is 19.3 Å². The third-order valence-corrected chi connectivity index (χ3v) is 12.5. The molecular weight excluding hydrogens is 1540 g/mol. The largest absolute Gasteiger partial charge is 0.490 e. The second-order valence-electron chi connectivity index (χ2n) is 19.1. The van der Waals surface area contributed by atoms with Crippen LogP contribution in [0.15, 0.2) is 12.1 Å². The number of halogens is 51. The Morgan fingerprint density at radius 2 is 0.423 bits per heavy atom. The molecule has 0 aliphatic rings. The van der Waals surface area contributed by atoms with Crippen molar-refractivity contribution < 1.29 is 248 Å². The summed E-state index contributed by atoms with van der Waals surface area (Å²) in [6.07, 6.45) is -43.1. The van der Waals surface area contributed by atoms with Gasteiger partial charge in [-0.2, -0.15) is 224 Å². The monoisotopic (exact) mass is 1560 g/mol. The van der Waals surface area contributed by atoms with Crippen molar-refractivity contribution in [3.8, 4) is 17.2 Å². The van der Waals surface area contributed by atoms with Crippen molar-refractivity contribution in [1.29, 1.82) is 0 Å². The zero-order valence-electron chi connectivity index (χ0n) is 44.3. The molecule has 0 atom stereocenters. The fourth-order valence-corrected chi connectivity index (χ4v) is 6.65. The number of carbonyl (C=O) groups excluding carboxylic acids is 1. The van der Waals surface area contributed by atoms with Crippen LogP contribution >= 0.6 is 0 Å². The molecule has 0 aromatic heterocycles. The average Bonchev–Trinajstić information content (AvgIpc) is 0.708. The first-order chi connectivity index (χ1) is 41.9. The molecule has 0 N–H and O–H groups in total. The summed E-state index contributed by atoms with van der Waals surface area (Å²) >= 11 is 0. The van der Waals surface area contributed by atoms with Crippen LogP contribution in [0.5, 0.6) is 17.2 Å². The molecule has 0 amide bonds. The smallest absolute Gasteiger partial charge is 0.460 e. The van der Waals surface area contributed by atoms with Crippen LogP contribution in [0.3, 0.4) is 0 Å². The van der Waals surface area contributed by atoms with E-state index in [0.29, 0.717) is 0 Å². The number of hydrogen-bond donors (Lipinski definition) is 0. The molecule has 0 heterocycles. The zero-order chi connectivity index (χ0) is 78.5. The van der Waals surface area contributed by atoms with Crippen LogP contribution in [0.2, 0.25) is 0 Å². The average molecular weight is 1560 g/mol. The molecular formula is C41H23F51O5. The summed E-state index contributed by atoms with van der Waals surface area (Å²) in [5.41, 5.74) is -1.62. The molecule has 0 saturated carbocycles. The molecule has 1 rings (SSSR count). The Morgan fingerprint density at radius 1 is 0.258 bits per heavy atom. The van der Waals surface area contributed by atoms with Crippen molar-refractivity contribution in [3.05, 3.63) is 17.7 Å². The topological polar surface area (TPSA) is 54.0 Å². The normalized spacial score (nSPS) is 16.0. The Bertz CT molecular complexity index is 2750. The van der Waals surface area contributed by atoms with E-state index >= 15 is 0 Å². The lowest BCUT2D eigenvalue weighted by Gasteiger charge is -2.42. The van der Waals surface area contributed by atoms with Gasteiger partial charge in [-0.3, -0.25) is 0 Å². The van der Waals surface area contributed by atoms with Gasteiger partial charge in [0.15, 0.2) is 11.5 Å². The second-order valence-corrected chi connectivity index (χ2v) is 19.1. The highest BCUT2D eigenvalue weighted by Crippen LogP contribution is 2.68. The van der Waals surface area contributed by atoms with Crippen molar-refractivity contribution in [3.63, 3.8) is 0 Å². The molecule has 0 spiro atoms. The summed E-state index contributed by atoms with van der Waals surface area (Å²) < 4.78 is 719. The summed E-state index contributed by atoms with van der Waals surface area (Å²) in [5, 5.41) is 0. The molecule has 1 aromatic rings. The maximum atomic E-state index is 14.7. The first-order valence-electron chi connectivity index (χ1n) is 23.1. The van der Waals surface area contributed by atoms with E-state index < -0.39 is 230 Å². The van der Waals surface area contributed by atoms with Gasteiger partial charge < -0.3 is 18.9 Å². The van der Waals surface area contributed by atoms with Crippen LogP contribution in [0.25, 0.3) is 0 Å². The van der Waals surface area contributed by atoms with E-state index in [1.165, 1.54) is 0 Å². The first-order valence-corrected chi connectivity index (χ1v) is 23.1. The van der Waals surface area contributed by atoms with E-state index in [1.807, 2.05) is 0 Å². The highest BCUT2D eigenvalue weighted by atomic mass is 19.5. The number of alkyl halides is 51. The Kier molecular flexibility index (Phi) is 23.6. The molecule has 0 saturated heterocycles. The molecule has 1 aromatic carbocycles. The highest BCUT2D eigenvalue weighted by Gasteiger charge is 2.98. The summed E-state index contributed by atoms with van der Waals surface area (Å²) in [6, 6.07) is -0.641. The number of benzene rings is 1. The van der Waals surface area contributed by atoms with Gasteiger partial charge in [-0.05, 0) is 31.4 Å². The maximum Gasteiger partial charge on any atom is 0.460 e. The standard InChI is InChI=1S/C41H23F51O5/c1-94-17(93)13-11-14(95-8-2-5-18(42,43)21(48,49)24(54,55)27(60,61)30(66,67)33(72,73)36(78,79)39(84,85)86)16(97-10-4-7-20(46,47)23(52,53)26(58,59)29(64,65)32(70,71)35(76,77)38(82,83)41(90,91)92)15(12-13)96-9-3-6-19(44,45)22(50,51)25(56,57)28(62,63)31(68,69)34(74,75)37(80,81)40(87,88)89/h11-12H,2-10H2,1H3. The van der Waals surface area contributed by atoms with Gasteiger partial charge in [0.1, 0.15) is 0 Å². The van der Waals surface area contributed by atoms with E-state index in [9.17, 15) is 229 Å². The predicted octanol–water partition coefficient (Wildman–Crippen LogP) is 20.0. The number of rotatable bonds is 34. The van der Waals surface area contributed by atoms with Gasteiger partial charge in [0.25, 0.3) is 0 Å². The van der Waals surface area contributed by atoms with Gasteiger partial charge in [0.05, 0.1) is 32.5 Å². The molecule has 56 heteroatoms. The van der Waals surface area contributed by atoms with E-state index in [0.717, 1.165) is 0 Å². The van der Waals surface area contributed by atoms with Crippen LogP contribution in [0.1, 0.15) is 48.9 Å². The first kappa shape index (κ1) is 89.5. The summed E-state index contributed by atoms with van der Waals surface area (Å²) in [6.45, 7) is -7.27. The molecule has 574 valence electrons. The molecule has 0 aliphatic carbocycles. The lowest BCUT2D eigenvalue weighted by Crippen LogP contribution is -2.74. The molecule has 0 fully saturated rings. The third kappa shape index (κ3) is 13.5. The van der Waals surface area contributed by atoms with E-state index in [4.69, 9.17) is 0 Å². The summed E-state index contributed by atoms with van der Waals surface area (Å²) in [7, 11) is 0.175. The van der Waals surface area contributed by atoms with Crippen LogP contribution in [0, 0.1) is 0 Å². The van der Waals surface area contributed by atoms with Crippen molar-refractivity contribution in [2.75, 3.05) is 26.9 Å². The molecule has 5 nitrogen and oxygen atoms in total. The minimum Gasteiger partial charge on any atom is -0.490 e. The second kappa shape index (κ2) is 25.5. The van der Waals surface area contributed by atoms with Crippen molar-refractivity contribution in [2.45, 2.75) is 181 Å². The number of esters is 1. The predicted molar refractivity (Wildman–Crippen MR) is 204 cm³/mol. The lowest BCUT2D eigenvalue weighted by atomic mass is 9.88.